The fourth-order valence-corrected chi connectivity index (χ4v) is 1.37. The quantitative estimate of drug-likeness (QED) is 0.468. The fraction of sp³-hybridized carbons (Fsp3) is 0. The molecule has 20 heavy (non-hydrogen) atoms. The van der Waals surface area contributed by atoms with Gasteiger partial charge >= 0.3 is 5.88 Å². The van der Waals surface area contributed by atoms with Gasteiger partial charge in [0.1, 0.15) is 5.75 Å². The van der Waals surface area contributed by atoms with E-state index in [-0.39, 0.29) is 17.4 Å². The lowest BCUT2D eigenvalue weighted by Gasteiger charge is -2.05. The van der Waals surface area contributed by atoms with Crippen LogP contribution >= 0.6 is 0 Å². The van der Waals surface area contributed by atoms with Gasteiger partial charge in [0.15, 0.2) is 5.76 Å². The summed E-state index contributed by atoms with van der Waals surface area (Å²) in [5.41, 5.74) is 2.57. The lowest BCUT2D eigenvalue weighted by atomic mass is 10.2. The van der Waals surface area contributed by atoms with Gasteiger partial charge in [-0.1, -0.05) is 0 Å². The summed E-state index contributed by atoms with van der Waals surface area (Å²) in [5, 5.41) is 30.8. The number of hydrogen-bond donors (Lipinski definition) is 4. The van der Waals surface area contributed by atoms with E-state index >= 15 is 0 Å². The zero-order valence-corrected chi connectivity index (χ0v) is 10.1. The number of carbonyl (C=O) groups excluding carboxylic acids is 1. The Kier molecular flexibility index (Phi) is 4.11. The number of nitrogens with zero attached hydrogens (tertiary/aromatic N) is 1. The monoisotopic (exact) mass is 277 g/mol. The molecule has 0 aliphatic heterocycles. The van der Waals surface area contributed by atoms with E-state index in [9.17, 15) is 10.0 Å². The fourth-order valence-electron chi connectivity index (χ4n) is 1.37. The topological polar surface area (TPSA) is 123 Å². The predicted octanol–water partition coefficient (Wildman–Crippen LogP) is 0.153. The predicted molar refractivity (Wildman–Crippen MR) is 67.7 cm³/mol. The molecule has 0 aliphatic rings. The molecule has 2 rings (SSSR count). The summed E-state index contributed by atoms with van der Waals surface area (Å²) < 4.78 is 4.92. The summed E-state index contributed by atoms with van der Waals surface area (Å²) in [7, 11) is 0. The number of phenolic OH excluding ortho intramolecular Hbond substituents is 1. The molecular formula is C12H11N3O5. The minimum Gasteiger partial charge on any atom is -0.592 e. The molecule has 0 radical (unpaired) electrons. The number of nitrogens with one attached hydrogen (secondary N) is 2. The average molecular weight is 277 g/mol. The van der Waals surface area contributed by atoms with Gasteiger partial charge in [-0.05, 0) is 30.3 Å². The molecule has 8 nitrogen and oxygen atoms in total. The highest BCUT2D eigenvalue weighted by Gasteiger charge is 2.06. The van der Waals surface area contributed by atoms with Gasteiger partial charge < -0.3 is 14.7 Å². The summed E-state index contributed by atoms with van der Waals surface area (Å²) in [6, 6.07) is 8.34. The van der Waals surface area contributed by atoms with Crippen molar-refractivity contribution in [3.63, 3.8) is 0 Å². The SMILES string of the molecule is O=C(NN=Cc1ccc([NH+]([O-])O)o1)c1ccc(O)cc1. The third-order valence-corrected chi connectivity index (χ3v) is 2.32. The number of benzene rings is 1. The molecule has 0 saturated heterocycles. The van der Waals surface area contributed by atoms with Gasteiger partial charge in [-0.2, -0.15) is 10.3 Å². The van der Waals surface area contributed by atoms with Crippen LogP contribution in [0.1, 0.15) is 16.1 Å². The van der Waals surface area contributed by atoms with E-state index in [1.807, 2.05) is 0 Å². The number of hydrazone groups is 1. The molecule has 0 saturated carbocycles. The summed E-state index contributed by atoms with van der Waals surface area (Å²) in [4.78, 5) is 11.6. The normalized spacial score (nSPS) is 12.5. The van der Waals surface area contributed by atoms with E-state index in [0.717, 1.165) is 0 Å². The first-order valence-electron chi connectivity index (χ1n) is 5.52. The Morgan fingerprint density at radius 2 is 2.00 bits per heavy atom. The van der Waals surface area contributed by atoms with Gasteiger partial charge in [0.05, 0.1) is 6.21 Å². The Balaban J connectivity index is 1.95. The molecule has 1 heterocycles. The number of hydrogen-bond acceptors (Lipinski definition) is 6. The molecule has 2 aromatic rings. The van der Waals surface area contributed by atoms with Crippen molar-refractivity contribution in [2.24, 2.45) is 5.10 Å². The van der Waals surface area contributed by atoms with Crippen molar-refractivity contribution in [3.05, 3.63) is 52.9 Å². The maximum absolute atomic E-state index is 11.6. The number of quaternary nitrogens is 1. The van der Waals surface area contributed by atoms with Crippen molar-refractivity contribution < 1.29 is 24.8 Å². The van der Waals surface area contributed by atoms with Crippen molar-refractivity contribution in [1.29, 1.82) is 0 Å². The molecule has 0 spiro atoms. The van der Waals surface area contributed by atoms with Crippen LogP contribution in [0.15, 0.2) is 45.9 Å². The van der Waals surface area contributed by atoms with E-state index in [1.54, 1.807) is 0 Å². The van der Waals surface area contributed by atoms with Crippen LogP contribution in [0.5, 0.6) is 5.75 Å². The van der Waals surface area contributed by atoms with Crippen LogP contribution in [0.2, 0.25) is 0 Å². The average Bonchev–Trinajstić information content (AvgIpc) is 2.88. The molecule has 0 bridgehead atoms. The molecule has 1 aromatic carbocycles. The van der Waals surface area contributed by atoms with Crippen molar-refractivity contribution in [2.75, 3.05) is 0 Å². The Morgan fingerprint density at radius 3 is 2.60 bits per heavy atom. The summed E-state index contributed by atoms with van der Waals surface area (Å²) in [6.07, 6.45) is 1.19. The molecule has 1 atom stereocenters. The van der Waals surface area contributed by atoms with Crippen LogP contribution in [0.25, 0.3) is 0 Å². The second-order valence-electron chi connectivity index (χ2n) is 3.75. The standard InChI is InChI=1S/C12H11N3O5/c16-9-3-1-8(2-4-9)12(17)14-13-7-10-5-6-11(20-10)15(18)19/h1-7,15-16,18H,(H,14,17). The first-order chi connectivity index (χ1) is 9.56. The van der Waals surface area contributed by atoms with E-state index in [0.29, 0.717) is 5.56 Å². The Hall–Kier alpha value is -2.68. The third kappa shape index (κ3) is 3.42. The zero-order chi connectivity index (χ0) is 14.5. The molecule has 104 valence electrons. The Labute approximate surface area is 113 Å². The van der Waals surface area contributed by atoms with E-state index in [4.69, 9.17) is 14.7 Å². The molecule has 8 heteroatoms. The first-order valence-corrected chi connectivity index (χ1v) is 5.52. The maximum atomic E-state index is 11.6. The number of furan rings is 1. The largest absolute Gasteiger partial charge is 0.592 e. The van der Waals surface area contributed by atoms with Gasteiger partial charge in [-0.3, -0.25) is 4.79 Å². The minimum absolute atomic E-state index is 0.0573. The molecule has 1 aromatic heterocycles. The van der Waals surface area contributed by atoms with Crippen LogP contribution in [-0.4, -0.2) is 22.4 Å². The number of phenols is 1. The zero-order valence-electron chi connectivity index (χ0n) is 10.1. The van der Waals surface area contributed by atoms with Gasteiger partial charge in [0.2, 0.25) is 0 Å². The van der Waals surface area contributed by atoms with Crippen LogP contribution < -0.4 is 10.7 Å². The number of aromatic hydroxyl groups is 1. The van der Waals surface area contributed by atoms with Gasteiger partial charge in [-0.25, -0.2) is 10.6 Å². The van der Waals surface area contributed by atoms with Gasteiger partial charge in [0.25, 0.3) is 5.91 Å². The molecule has 1 unspecified atom stereocenters. The highest BCUT2D eigenvalue weighted by atomic mass is 16.8. The summed E-state index contributed by atoms with van der Waals surface area (Å²) >= 11 is 0. The van der Waals surface area contributed by atoms with Crippen molar-refractivity contribution in [1.82, 2.24) is 5.43 Å². The molecule has 4 N–H and O–H groups in total. The first kappa shape index (κ1) is 13.7. The van der Waals surface area contributed by atoms with Crippen LogP contribution in [0.4, 0.5) is 5.88 Å². The van der Waals surface area contributed by atoms with Gasteiger partial charge in [-0.15, -0.1) is 0 Å². The summed E-state index contributed by atoms with van der Waals surface area (Å²) in [6.45, 7) is 0. The van der Waals surface area contributed by atoms with Crippen molar-refractivity contribution in [3.8, 4) is 5.75 Å². The third-order valence-electron chi connectivity index (χ3n) is 2.32. The second-order valence-corrected chi connectivity index (χ2v) is 3.75. The van der Waals surface area contributed by atoms with Crippen LogP contribution in [0.3, 0.4) is 0 Å². The van der Waals surface area contributed by atoms with E-state index in [2.05, 4.69) is 10.5 Å². The number of amides is 1. The molecule has 1 amide bonds. The molecule has 0 fully saturated rings. The van der Waals surface area contributed by atoms with Crippen LogP contribution in [0, 0.1) is 5.21 Å². The maximum Gasteiger partial charge on any atom is 0.328 e. The van der Waals surface area contributed by atoms with E-state index < -0.39 is 11.1 Å². The van der Waals surface area contributed by atoms with E-state index in [1.165, 1.54) is 42.6 Å². The molecular weight excluding hydrogens is 266 g/mol. The highest BCUT2D eigenvalue weighted by Crippen LogP contribution is 2.09. The molecule has 0 aliphatic carbocycles. The lowest BCUT2D eigenvalue weighted by molar-refractivity contribution is -0.997. The Morgan fingerprint density at radius 1 is 1.30 bits per heavy atom. The second kappa shape index (κ2) is 5.97. The van der Waals surface area contributed by atoms with Crippen molar-refractivity contribution in [2.45, 2.75) is 0 Å². The van der Waals surface area contributed by atoms with Gasteiger partial charge in [0, 0.05) is 11.6 Å². The summed E-state index contributed by atoms with van der Waals surface area (Å²) in [5.74, 6) is -0.419. The number of carbonyl (C=O) groups is 1. The Bertz CT molecular complexity index is 618. The van der Waals surface area contributed by atoms with Crippen LogP contribution in [-0.2, 0) is 0 Å². The van der Waals surface area contributed by atoms with Crippen molar-refractivity contribution >= 4 is 18.0 Å². The smallest absolute Gasteiger partial charge is 0.328 e. The number of rotatable bonds is 4. The lowest BCUT2D eigenvalue weighted by Crippen LogP contribution is -2.99. The highest BCUT2D eigenvalue weighted by molar-refractivity contribution is 5.94. The minimum atomic E-state index is -1.18.